The molecule has 1 atom stereocenters. The van der Waals surface area contributed by atoms with E-state index in [2.05, 4.69) is 17.2 Å². The van der Waals surface area contributed by atoms with Crippen molar-refractivity contribution in [2.24, 2.45) is 0 Å². The highest BCUT2D eigenvalue weighted by Gasteiger charge is 2.36. The number of rotatable bonds is 5. The minimum Gasteiger partial charge on any atom is -0.497 e. The van der Waals surface area contributed by atoms with Crippen molar-refractivity contribution in [1.82, 2.24) is 10.2 Å². The fraction of sp³-hybridized carbons (Fsp3) is 0.200. The third kappa shape index (κ3) is 4.53. The lowest BCUT2D eigenvalue weighted by atomic mass is 10.0. The molecule has 6 nitrogen and oxygen atoms in total. The monoisotopic (exact) mass is 415 g/mol. The zero-order valence-corrected chi connectivity index (χ0v) is 17.4. The number of ether oxygens (including phenoxy) is 1. The molecule has 1 fully saturated rings. The molecule has 0 unspecified atom stereocenters. The van der Waals surface area contributed by atoms with E-state index in [1.807, 2.05) is 42.5 Å². The summed E-state index contributed by atoms with van der Waals surface area (Å²) in [5.41, 5.74) is 2.50. The molecule has 0 aliphatic carbocycles. The molecule has 158 valence electrons. The van der Waals surface area contributed by atoms with Crippen LogP contribution in [0.5, 0.6) is 5.75 Å². The number of nitrogens with zero attached hydrogens (tertiary/aromatic N) is 1. The molecule has 0 spiro atoms. The van der Waals surface area contributed by atoms with Crippen LogP contribution in [0.3, 0.4) is 0 Å². The predicted octanol–water partition coefficient (Wildman–Crippen LogP) is 4.33. The molecule has 1 saturated heterocycles. The first-order chi connectivity index (χ1) is 15.0. The van der Waals surface area contributed by atoms with E-state index >= 15 is 0 Å². The van der Waals surface area contributed by atoms with E-state index in [9.17, 15) is 9.59 Å². The van der Waals surface area contributed by atoms with Crippen LogP contribution in [-0.2, 0) is 11.3 Å². The maximum absolute atomic E-state index is 13.0. The van der Waals surface area contributed by atoms with Gasteiger partial charge in [0, 0.05) is 24.8 Å². The molecule has 0 saturated carbocycles. The molecule has 1 aliphatic heterocycles. The van der Waals surface area contributed by atoms with Crippen LogP contribution in [0.2, 0.25) is 0 Å². The van der Waals surface area contributed by atoms with E-state index in [0.29, 0.717) is 30.9 Å². The molecule has 6 heteroatoms. The van der Waals surface area contributed by atoms with Crippen LogP contribution in [0, 0.1) is 0 Å². The Labute approximate surface area is 181 Å². The molecule has 4 rings (SSSR count). The zero-order valence-electron chi connectivity index (χ0n) is 17.4. The van der Waals surface area contributed by atoms with Crippen molar-refractivity contribution in [3.05, 3.63) is 84.4 Å². The maximum Gasteiger partial charge on any atom is 0.322 e. The number of hydrogen-bond donors (Lipinski definition) is 2. The van der Waals surface area contributed by atoms with Gasteiger partial charge in [-0.3, -0.25) is 4.79 Å². The van der Waals surface area contributed by atoms with E-state index in [0.717, 1.165) is 21.9 Å². The number of anilines is 1. The van der Waals surface area contributed by atoms with Crippen LogP contribution >= 0.6 is 0 Å². The van der Waals surface area contributed by atoms with Crippen LogP contribution < -0.4 is 15.4 Å². The fourth-order valence-corrected chi connectivity index (χ4v) is 3.89. The number of carbonyl (C=O) groups excluding carboxylic acids is 2. The highest BCUT2D eigenvalue weighted by atomic mass is 16.5. The Bertz CT molecular complexity index is 1140. The topological polar surface area (TPSA) is 70.7 Å². The molecule has 0 radical (unpaired) electrons. The summed E-state index contributed by atoms with van der Waals surface area (Å²) in [4.78, 5) is 27.4. The van der Waals surface area contributed by atoms with Crippen LogP contribution in [0.25, 0.3) is 10.8 Å². The van der Waals surface area contributed by atoms with Gasteiger partial charge in [0.1, 0.15) is 11.8 Å². The SMILES string of the molecule is C=C1C[C@@H](C(=O)NCc2cccc3ccccc23)N(C(=O)Nc2cccc(OC)c2)C1. The number of likely N-dealkylation sites (tertiary alicyclic amines) is 1. The molecular weight excluding hydrogens is 390 g/mol. The van der Waals surface area contributed by atoms with Gasteiger partial charge in [-0.1, -0.05) is 60.7 Å². The molecule has 0 bridgehead atoms. The molecule has 31 heavy (non-hydrogen) atoms. The van der Waals surface area contributed by atoms with Gasteiger partial charge >= 0.3 is 6.03 Å². The Morgan fingerprint density at radius 2 is 1.87 bits per heavy atom. The Hall–Kier alpha value is -3.80. The van der Waals surface area contributed by atoms with E-state index in [1.165, 1.54) is 4.90 Å². The number of fused-ring (bicyclic) bond motifs is 1. The first kappa shape index (κ1) is 20.5. The third-order valence-electron chi connectivity index (χ3n) is 5.47. The van der Waals surface area contributed by atoms with Gasteiger partial charge < -0.3 is 20.3 Å². The Kier molecular flexibility index (Phi) is 5.89. The lowest BCUT2D eigenvalue weighted by Crippen LogP contribution is -2.47. The first-order valence-corrected chi connectivity index (χ1v) is 10.2. The number of amides is 3. The number of hydrogen-bond acceptors (Lipinski definition) is 3. The second-order valence-electron chi connectivity index (χ2n) is 7.62. The van der Waals surface area contributed by atoms with E-state index in [-0.39, 0.29) is 11.9 Å². The molecule has 2 N–H and O–H groups in total. The summed E-state index contributed by atoms with van der Waals surface area (Å²) in [6.07, 6.45) is 0.451. The van der Waals surface area contributed by atoms with E-state index in [1.54, 1.807) is 31.4 Å². The van der Waals surface area contributed by atoms with Crippen molar-refractivity contribution in [3.63, 3.8) is 0 Å². The van der Waals surface area contributed by atoms with Crippen molar-refractivity contribution in [3.8, 4) is 5.75 Å². The molecular formula is C25H25N3O3. The van der Waals surface area contributed by atoms with Gasteiger partial charge in [0.05, 0.1) is 7.11 Å². The standard InChI is InChI=1S/C25H25N3O3/c1-17-13-23(28(16-17)25(30)27-20-10-6-11-21(14-20)31-2)24(29)26-15-19-9-5-8-18-7-3-4-12-22(18)19/h3-12,14,23H,1,13,15-16H2,2H3,(H,26,29)(H,27,30)/t23-/m0/s1. The van der Waals surface area contributed by atoms with Gasteiger partial charge in [0.25, 0.3) is 0 Å². The first-order valence-electron chi connectivity index (χ1n) is 10.2. The number of urea groups is 1. The minimum absolute atomic E-state index is 0.188. The third-order valence-corrected chi connectivity index (χ3v) is 5.47. The fourth-order valence-electron chi connectivity index (χ4n) is 3.89. The highest BCUT2D eigenvalue weighted by molar-refractivity contribution is 5.95. The number of nitrogens with one attached hydrogen (secondary N) is 2. The van der Waals surface area contributed by atoms with Gasteiger partial charge in [-0.25, -0.2) is 4.79 Å². The Balaban J connectivity index is 1.44. The van der Waals surface area contributed by atoms with E-state index in [4.69, 9.17) is 4.74 Å². The van der Waals surface area contributed by atoms with Gasteiger partial charge in [0.15, 0.2) is 0 Å². The quantitative estimate of drug-likeness (QED) is 0.610. The summed E-state index contributed by atoms with van der Waals surface area (Å²) in [5.74, 6) is 0.459. The van der Waals surface area contributed by atoms with Gasteiger partial charge in [-0.2, -0.15) is 0 Å². The van der Waals surface area contributed by atoms with Gasteiger partial charge in [-0.05, 0) is 34.9 Å². The molecule has 3 amide bonds. The largest absolute Gasteiger partial charge is 0.497 e. The summed E-state index contributed by atoms with van der Waals surface area (Å²) in [6, 6.07) is 20.3. The minimum atomic E-state index is -0.590. The molecule has 1 aliphatic rings. The summed E-state index contributed by atoms with van der Waals surface area (Å²) in [6.45, 7) is 4.74. The molecule has 3 aromatic rings. The smallest absolute Gasteiger partial charge is 0.322 e. The molecule has 3 aromatic carbocycles. The Morgan fingerprint density at radius 3 is 2.71 bits per heavy atom. The number of benzene rings is 3. The summed E-state index contributed by atoms with van der Waals surface area (Å²) in [5, 5.41) is 8.08. The second-order valence-corrected chi connectivity index (χ2v) is 7.62. The van der Waals surface area contributed by atoms with Crippen molar-refractivity contribution < 1.29 is 14.3 Å². The zero-order chi connectivity index (χ0) is 21.8. The average Bonchev–Trinajstić information content (AvgIpc) is 3.19. The molecule has 1 heterocycles. The lowest BCUT2D eigenvalue weighted by molar-refractivity contribution is -0.124. The second kappa shape index (κ2) is 8.92. The van der Waals surface area contributed by atoms with Crippen LogP contribution in [-0.4, -0.2) is 36.5 Å². The summed E-state index contributed by atoms with van der Waals surface area (Å²) < 4.78 is 5.20. The van der Waals surface area contributed by atoms with Crippen LogP contribution in [0.1, 0.15) is 12.0 Å². The van der Waals surface area contributed by atoms with Crippen LogP contribution in [0.15, 0.2) is 78.9 Å². The van der Waals surface area contributed by atoms with Crippen molar-refractivity contribution in [1.29, 1.82) is 0 Å². The van der Waals surface area contributed by atoms with Crippen molar-refractivity contribution in [2.45, 2.75) is 19.0 Å². The van der Waals surface area contributed by atoms with Gasteiger partial charge in [-0.15, -0.1) is 0 Å². The van der Waals surface area contributed by atoms with Gasteiger partial charge in [0.2, 0.25) is 5.91 Å². The van der Waals surface area contributed by atoms with Crippen LogP contribution in [0.4, 0.5) is 10.5 Å². The Morgan fingerprint density at radius 1 is 1.10 bits per heavy atom. The van der Waals surface area contributed by atoms with Crippen molar-refractivity contribution >= 4 is 28.4 Å². The van der Waals surface area contributed by atoms with E-state index < -0.39 is 6.04 Å². The average molecular weight is 415 g/mol. The number of carbonyl (C=O) groups is 2. The predicted molar refractivity (Wildman–Crippen MR) is 122 cm³/mol. The lowest BCUT2D eigenvalue weighted by Gasteiger charge is -2.24. The highest BCUT2D eigenvalue weighted by Crippen LogP contribution is 2.24. The normalized spacial score (nSPS) is 15.7. The maximum atomic E-state index is 13.0. The summed E-state index contributed by atoms with van der Waals surface area (Å²) >= 11 is 0. The van der Waals surface area contributed by atoms with Crippen molar-refractivity contribution in [2.75, 3.05) is 19.0 Å². The molecule has 0 aromatic heterocycles. The number of methoxy groups -OCH3 is 1. The summed E-state index contributed by atoms with van der Waals surface area (Å²) in [7, 11) is 1.57.